The van der Waals surface area contributed by atoms with Crippen LogP contribution in [0.15, 0.2) is 6.33 Å². The number of nitrogens with one attached hydrogen (secondary N) is 1. The summed E-state index contributed by atoms with van der Waals surface area (Å²) in [6.07, 6.45) is 5.02. The minimum absolute atomic E-state index is 0.208. The van der Waals surface area contributed by atoms with Crippen molar-refractivity contribution in [2.24, 2.45) is 0 Å². The van der Waals surface area contributed by atoms with Crippen LogP contribution in [0.4, 0.5) is 10.6 Å². The predicted molar refractivity (Wildman–Crippen MR) is 112 cm³/mol. The largest absolute Gasteiger partial charge is 0.444 e. The zero-order valence-electron chi connectivity index (χ0n) is 17.0. The maximum atomic E-state index is 12.2. The molecule has 2 aliphatic rings. The van der Waals surface area contributed by atoms with Crippen molar-refractivity contribution in [3.8, 4) is 0 Å². The first-order chi connectivity index (χ1) is 13.4. The van der Waals surface area contributed by atoms with E-state index in [1.54, 1.807) is 11.2 Å². The van der Waals surface area contributed by atoms with Crippen LogP contribution < -0.4 is 5.32 Å². The lowest BCUT2D eigenvalue weighted by molar-refractivity contribution is 0.0148. The van der Waals surface area contributed by atoms with Crippen molar-refractivity contribution >= 4 is 33.5 Å². The molecule has 1 fully saturated rings. The van der Waals surface area contributed by atoms with Gasteiger partial charge in [0, 0.05) is 44.1 Å². The van der Waals surface area contributed by atoms with E-state index in [0.717, 1.165) is 43.2 Å². The zero-order valence-corrected chi connectivity index (χ0v) is 17.8. The normalized spacial score (nSPS) is 17.8. The Morgan fingerprint density at radius 1 is 1.21 bits per heavy atom. The van der Waals surface area contributed by atoms with Gasteiger partial charge in [-0.1, -0.05) is 0 Å². The molecule has 8 heteroatoms. The summed E-state index contributed by atoms with van der Waals surface area (Å²) in [5, 5.41) is 4.76. The van der Waals surface area contributed by atoms with Crippen LogP contribution in [-0.4, -0.2) is 70.7 Å². The molecule has 0 aromatic carbocycles. The quantitative estimate of drug-likeness (QED) is 0.846. The van der Waals surface area contributed by atoms with Crippen molar-refractivity contribution in [1.29, 1.82) is 0 Å². The summed E-state index contributed by atoms with van der Waals surface area (Å²) in [6, 6.07) is 0. The Hall–Kier alpha value is -1.93. The number of hydrogen-bond donors (Lipinski definition) is 1. The third-order valence-corrected chi connectivity index (χ3v) is 6.45. The average Bonchev–Trinajstić information content (AvgIpc) is 3.22. The van der Waals surface area contributed by atoms with E-state index in [1.807, 2.05) is 32.1 Å². The van der Waals surface area contributed by atoms with E-state index in [4.69, 9.17) is 4.74 Å². The highest BCUT2D eigenvalue weighted by atomic mass is 32.1. The Morgan fingerprint density at radius 3 is 2.75 bits per heavy atom. The molecule has 2 aromatic rings. The van der Waals surface area contributed by atoms with Gasteiger partial charge in [-0.05, 0) is 45.6 Å². The number of aryl methyl sites for hydroxylation is 2. The number of anilines is 1. The molecule has 2 aromatic heterocycles. The van der Waals surface area contributed by atoms with E-state index in [1.165, 1.54) is 28.7 Å². The number of piperazine rings is 1. The number of hydrogen-bond acceptors (Lipinski definition) is 7. The number of amides is 1. The van der Waals surface area contributed by atoms with Gasteiger partial charge in [-0.3, -0.25) is 4.90 Å². The molecule has 1 saturated heterocycles. The Morgan fingerprint density at radius 2 is 2.00 bits per heavy atom. The molecule has 4 rings (SSSR count). The van der Waals surface area contributed by atoms with Crippen molar-refractivity contribution in [3.05, 3.63) is 16.8 Å². The summed E-state index contributed by atoms with van der Waals surface area (Å²) in [5.74, 6) is 0.969. The maximum absolute atomic E-state index is 12.2. The Bertz CT molecular complexity index is 852. The van der Waals surface area contributed by atoms with Crippen LogP contribution in [-0.2, 0) is 17.6 Å². The number of aromatic nitrogens is 2. The van der Waals surface area contributed by atoms with Crippen LogP contribution in [0, 0.1) is 0 Å². The number of carbonyl (C=O) groups excluding carboxylic acids is 1. The molecule has 1 N–H and O–H groups in total. The molecule has 0 atom stereocenters. The van der Waals surface area contributed by atoms with E-state index in [0.29, 0.717) is 13.1 Å². The Labute approximate surface area is 170 Å². The lowest BCUT2D eigenvalue weighted by Crippen LogP contribution is -2.50. The minimum Gasteiger partial charge on any atom is -0.444 e. The van der Waals surface area contributed by atoms with Gasteiger partial charge in [-0.15, -0.1) is 11.3 Å². The molecule has 1 aliphatic carbocycles. The second-order valence-electron chi connectivity index (χ2n) is 8.50. The average molecular weight is 404 g/mol. The summed E-state index contributed by atoms with van der Waals surface area (Å²) in [6.45, 7) is 10.6. The van der Waals surface area contributed by atoms with Crippen LogP contribution >= 0.6 is 11.3 Å². The number of fused-ring (bicyclic) bond motifs is 3. The molecule has 0 spiro atoms. The standard InChI is InChI=1S/C20H29N5O2S/c1-20(2,3)27-19(26)25-11-9-24(10-12-25)8-7-21-17-16-14-5-4-6-15(14)28-18(16)23-13-22-17/h13H,4-12H2,1-3H3,(H,21,22,23). The maximum Gasteiger partial charge on any atom is 0.410 e. The zero-order chi connectivity index (χ0) is 19.7. The lowest BCUT2D eigenvalue weighted by atomic mass is 10.2. The van der Waals surface area contributed by atoms with Crippen LogP contribution in [0.2, 0.25) is 0 Å². The number of ether oxygens (including phenoxy) is 1. The SMILES string of the molecule is CC(C)(C)OC(=O)N1CCN(CCNc2ncnc3sc4c(c23)CCC4)CC1. The van der Waals surface area contributed by atoms with Gasteiger partial charge in [0.05, 0.1) is 5.39 Å². The highest BCUT2D eigenvalue weighted by Crippen LogP contribution is 2.38. The number of carbonyl (C=O) groups is 1. The minimum atomic E-state index is -0.442. The van der Waals surface area contributed by atoms with Gasteiger partial charge in [0.15, 0.2) is 0 Å². The number of nitrogens with zero attached hydrogens (tertiary/aromatic N) is 4. The van der Waals surface area contributed by atoms with Gasteiger partial charge in [-0.25, -0.2) is 14.8 Å². The highest BCUT2D eigenvalue weighted by molar-refractivity contribution is 7.19. The third kappa shape index (κ3) is 4.22. The molecule has 3 heterocycles. The number of rotatable bonds is 4. The van der Waals surface area contributed by atoms with E-state index in [9.17, 15) is 4.79 Å². The molecule has 152 valence electrons. The molecule has 1 aliphatic heterocycles. The molecule has 0 bridgehead atoms. The first-order valence-electron chi connectivity index (χ1n) is 10.1. The van der Waals surface area contributed by atoms with Gasteiger partial charge in [0.1, 0.15) is 22.6 Å². The number of thiophene rings is 1. The van der Waals surface area contributed by atoms with Gasteiger partial charge >= 0.3 is 6.09 Å². The third-order valence-electron chi connectivity index (χ3n) is 5.25. The van der Waals surface area contributed by atoms with Crippen LogP contribution in [0.25, 0.3) is 10.2 Å². The molecule has 0 radical (unpaired) electrons. The fourth-order valence-corrected chi connectivity index (χ4v) is 5.10. The molecule has 0 unspecified atom stereocenters. The van der Waals surface area contributed by atoms with Gasteiger partial charge in [0.2, 0.25) is 0 Å². The first kappa shape index (κ1) is 19.4. The van der Waals surface area contributed by atoms with Crippen LogP contribution in [0.3, 0.4) is 0 Å². The highest BCUT2D eigenvalue weighted by Gasteiger charge is 2.26. The Kier molecular flexibility index (Phi) is 5.42. The van der Waals surface area contributed by atoms with E-state index < -0.39 is 5.60 Å². The molecular formula is C20H29N5O2S. The molecule has 1 amide bonds. The summed E-state index contributed by atoms with van der Waals surface area (Å²) in [4.78, 5) is 27.9. The van der Waals surface area contributed by atoms with E-state index >= 15 is 0 Å². The van der Waals surface area contributed by atoms with Crippen molar-refractivity contribution in [2.75, 3.05) is 44.6 Å². The van der Waals surface area contributed by atoms with Crippen LogP contribution in [0.1, 0.15) is 37.6 Å². The van der Waals surface area contributed by atoms with Gasteiger partial charge in [0.25, 0.3) is 0 Å². The molecule has 28 heavy (non-hydrogen) atoms. The molecule has 7 nitrogen and oxygen atoms in total. The monoisotopic (exact) mass is 403 g/mol. The van der Waals surface area contributed by atoms with Crippen molar-refractivity contribution < 1.29 is 9.53 Å². The van der Waals surface area contributed by atoms with Crippen molar-refractivity contribution in [1.82, 2.24) is 19.8 Å². The Balaban J connectivity index is 1.28. The van der Waals surface area contributed by atoms with Gasteiger partial charge < -0.3 is 15.0 Å². The summed E-state index contributed by atoms with van der Waals surface area (Å²) >= 11 is 1.82. The topological polar surface area (TPSA) is 70.6 Å². The fraction of sp³-hybridized carbons (Fsp3) is 0.650. The van der Waals surface area contributed by atoms with Crippen molar-refractivity contribution in [2.45, 2.75) is 45.6 Å². The van der Waals surface area contributed by atoms with Crippen LogP contribution in [0.5, 0.6) is 0 Å². The predicted octanol–water partition coefficient (Wildman–Crippen LogP) is 3.14. The molecule has 0 saturated carbocycles. The van der Waals surface area contributed by atoms with E-state index in [2.05, 4.69) is 20.2 Å². The van der Waals surface area contributed by atoms with E-state index in [-0.39, 0.29) is 6.09 Å². The summed E-state index contributed by atoms with van der Waals surface area (Å²) < 4.78 is 5.46. The lowest BCUT2D eigenvalue weighted by Gasteiger charge is -2.35. The van der Waals surface area contributed by atoms with Crippen molar-refractivity contribution in [3.63, 3.8) is 0 Å². The molecular weight excluding hydrogens is 374 g/mol. The second-order valence-corrected chi connectivity index (χ2v) is 9.58. The summed E-state index contributed by atoms with van der Waals surface area (Å²) in [7, 11) is 0. The second kappa shape index (κ2) is 7.83. The smallest absolute Gasteiger partial charge is 0.410 e. The fourth-order valence-electron chi connectivity index (χ4n) is 3.88. The summed E-state index contributed by atoms with van der Waals surface area (Å²) in [5.41, 5.74) is 1.01. The van der Waals surface area contributed by atoms with Gasteiger partial charge in [-0.2, -0.15) is 0 Å². The first-order valence-corrected chi connectivity index (χ1v) is 10.9.